The third-order valence-corrected chi connectivity index (χ3v) is 7.82. The summed E-state index contributed by atoms with van der Waals surface area (Å²) in [6, 6.07) is 14.0. The van der Waals surface area contributed by atoms with Gasteiger partial charge in [-0.2, -0.15) is 0 Å². The number of para-hydroxylation sites is 1. The standard InChI is InChI=1S/C27H28N4O3S/c1-28-21-10-8-19(9-11-21)22-4-3-5-23-26(20-6-7-20)24(18-29-27(22)23)30-13-15-31(16-14-30)25(32)12-17-35(2,33)34/h3-5,8-11,18,20H,6-7,12-17H2,2H3. The number of hydrogen-bond acceptors (Lipinski definition) is 5. The van der Waals surface area contributed by atoms with Crippen LogP contribution in [-0.4, -0.2) is 62.4 Å². The molecule has 3 aromatic rings. The molecule has 2 heterocycles. The summed E-state index contributed by atoms with van der Waals surface area (Å²) in [4.78, 5) is 25.0. The molecule has 35 heavy (non-hydrogen) atoms. The first-order valence-corrected chi connectivity index (χ1v) is 14.0. The minimum absolute atomic E-state index is 0.0450. The first-order chi connectivity index (χ1) is 16.8. The number of pyridine rings is 1. The zero-order valence-electron chi connectivity index (χ0n) is 19.8. The Morgan fingerprint density at radius 3 is 2.43 bits per heavy atom. The van der Waals surface area contributed by atoms with Crippen molar-refractivity contribution in [3.05, 3.63) is 65.6 Å². The number of sulfone groups is 1. The molecule has 1 aliphatic carbocycles. The highest BCUT2D eigenvalue weighted by molar-refractivity contribution is 7.90. The van der Waals surface area contributed by atoms with Crippen molar-refractivity contribution >= 4 is 38.0 Å². The fourth-order valence-corrected chi connectivity index (χ4v) is 5.41. The number of hydrogen-bond donors (Lipinski definition) is 0. The molecule has 2 fully saturated rings. The number of aromatic nitrogens is 1. The molecule has 5 rings (SSSR count). The van der Waals surface area contributed by atoms with Gasteiger partial charge >= 0.3 is 0 Å². The minimum Gasteiger partial charge on any atom is -0.366 e. The Bertz CT molecular complexity index is 1420. The van der Waals surface area contributed by atoms with Crippen molar-refractivity contribution in [2.45, 2.75) is 25.2 Å². The lowest BCUT2D eigenvalue weighted by atomic mass is 9.96. The summed E-state index contributed by atoms with van der Waals surface area (Å²) in [6.45, 7) is 9.77. The van der Waals surface area contributed by atoms with E-state index in [9.17, 15) is 13.2 Å². The monoisotopic (exact) mass is 488 g/mol. The molecule has 1 aromatic heterocycles. The van der Waals surface area contributed by atoms with Crippen LogP contribution in [0.15, 0.2) is 48.7 Å². The Kier molecular flexibility index (Phi) is 6.20. The third kappa shape index (κ3) is 5.01. The molecule has 7 nitrogen and oxygen atoms in total. The van der Waals surface area contributed by atoms with Crippen LogP contribution in [0.2, 0.25) is 0 Å². The van der Waals surface area contributed by atoms with E-state index in [1.807, 2.05) is 30.5 Å². The van der Waals surface area contributed by atoms with Crippen LogP contribution in [0.4, 0.5) is 11.4 Å². The van der Waals surface area contributed by atoms with Gasteiger partial charge in [-0.3, -0.25) is 9.78 Å². The average molecular weight is 489 g/mol. The van der Waals surface area contributed by atoms with Gasteiger partial charge in [0.15, 0.2) is 5.69 Å². The molecule has 0 N–H and O–H groups in total. The van der Waals surface area contributed by atoms with Gasteiger partial charge in [0.1, 0.15) is 9.84 Å². The van der Waals surface area contributed by atoms with E-state index in [1.165, 1.54) is 23.8 Å². The predicted molar refractivity (Wildman–Crippen MR) is 139 cm³/mol. The molecule has 1 amide bonds. The summed E-state index contributed by atoms with van der Waals surface area (Å²) in [7, 11) is -3.15. The van der Waals surface area contributed by atoms with Crippen LogP contribution in [0.5, 0.6) is 0 Å². The number of carbonyl (C=O) groups is 1. The van der Waals surface area contributed by atoms with Gasteiger partial charge in [-0.25, -0.2) is 13.3 Å². The van der Waals surface area contributed by atoms with E-state index in [-0.39, 0.29) is 18.1 Å². The summed E-state index contributed by atoms with van der Waals surface area (Å²) in [5.74, 6) is 0.322. The van der Waals surface area contributed by atoms with Gasteiger partial charge in [-0.05, 0) is 29.9 Å². The second kappa shape index (κ2) is 9.31. The van der Waals surface area contributed by atoms with Crippen LogP contribution in [0, 0.1) is 6.57 Å². The Morgan fingerprint density at radius 2 is 1.80 bits per heavy atom. The first kappa shape index (κ1) is 23.3. The number of benzene rings is 2. The predicted octanol–water partition coefficient (Wildman–Crippen LogP) is 4.41. The van der Waals surface area contributed by atoms with Crippen molar-refractivity contribution in [2.75, 3.05) is 43.1 Å². The molecular formula is C27H28N4O3S. The molecule has 0 unspecified atom stereocenters. The van der Waals surface area contributed by atoms with Gasteiger partial charge in [0.25, 0.3) is 0 Å². The Morgan fingerprint density at radius 1 is 1.09 bits per heavy atom. The highest BCUT2D eigenvalue weighted by Crippen LogP contribution is 2.48. The van der Waals surface area contributed by atoms with E-state index in [4.69, 9.17) is 11.6 Å². The quantitative estimate of drug-likeness (QED) is 0.481. The van der Waals surface area contributed by atoms with E-state index in [2.05, 4.69) is 27.9 Å². The van der Waals surface area contributed by atoms with Crippen molar-refractivity contribution in [2.24, 2.45) is 0 Å². The Balaban J connectivity index is 1.41. The van der Waals surface area contributed by atoms with Crippen molar-refractivity contribution in [1.29, 1.82) is 0 Å². The fourth-order valence-electron chi connectivity index (χ4n) is 4.86. The van der Waals surface area contributed by atoms with Gasteiger partial charge in [-0.15, -0.1) is 0 Å². The molecule has 0 bridgehead atoms. The summed E-state index contributed by atoms with van der Waals surface area (Å²) in [5.41, 5.74) is 6.19. The number of fused-ring (bicyclic) bond motifs is 1. The van der Waals surface area contributed by atoms with Gasteiger partial charge < -0.3 is 9.80 Å². The topological polar surface area (TPSA) is 74.9 Å². The van der Waals surface area contributed by atoms with Crippen LogP contribution in [0.25, 0.3) is 26.9 Å². The van der Waals surface area contributed by atoms with E-state index in [1.54, 1.807) is 4.90 Å². The van der Waals surface area contributed by atoms with Crippen LogP contribution < -0.4 is 4.90 Å². The van der Waals surface area contributed by atoms with Crippen molar-refractivity contribution in [3.63, 3.8) is 0 Å². The van der Waals surface area contributed by atoms with Gasteiger partial charge in [0.05, 0.1) is 29.7 Å². The number of nitrogens with zero attached hydrogens (tertiary/aromatic N) is 4. The van der Waals surface area contributed by atoms with Crippen molar-refractivity contribution in [1.82, 2.24) is 9.88 Å². The zero-order chi connectivity index (χ0) is 24.6. The van der Waals surface area contributed by atoms with Crippen LogP contribution in [0.3, 0.4) is 0 Å². The average Bonchev–Trinajstić information content (AvgIpc) is 3.71. The zero-order valence-corrected chi connectivity index (χ0v) is 20.6. The first-order valence-electron chi connectivity index (χ1n) is 11.9. The third-order valence-electron chi connectivity index (χ3n) is 6.87. The van der Waals surface area contributed by atoms with Gasteiger partial charge in [0.2, 0.25) is 5.91 Å². The molecule has 1 saturated carbocycles. The second-order valence-electron chi connectivity index (χ2n) is 9.44. The van der Waals surface area contributed by atoms with E-state index in [0.29, 0.717) is 37.8 Å². The fraction of sp³-hybridized carbons (Fsp3) is 0.370. The number of amides is 1. The van der Waals surface area contributed by atoms with Crippen molar-refractivity contribution < 1.29 is 13.2 Å². The molecule has 0 atom stereocenters. The van der Waals surface area contributed by atoms with Crippen molar-refractivity contribution in [3.8, 4) is 11.1 Å². The SMILES string of the molecule is [C-]#[N+]c1ccc(-c2cccc3c(C4CC4)c(N4CCN(C(=O)CCS(C)(=O)=O)CC4)cnc23)cc1. The van der Waals surface area contributed by atoms with Crippen LogP contribution in [-0.2, 0) is 14.6 Å². The summed E-state index contributed by atoms with van der Waals surface area (Å²) >= 11 is 0. The molecule has 1 aliphatic heterocycles. The van der Waals surface area contributed by atoms with Crippen LogP contribution >= 0.6 is 0 Å². The molecule has 8 heteroatoms. The molecule has 180 valence electrons. The molecular weight excluding hydrogens is 460 g/mol. The number of piperazine rings is 1. The number of anilines is 1. The summed E-state index contributed by atoms with van der Waals surface area (Å²) in [6.07, 6.45) is 5.52. The molecule has 0 spiro atoms. The van der Waals surface area contributed by atoms with Gasteiger partial charge in [0, 0.05) is 49.8 Å². The summed E-state index contributed by atoms with van der Waals surface area (Å²) in [5, 5.41) is 1.17. The lowest BCUT2D eigenvalue weighted by Gasteiger charge is -2.37. The largest absolute Gasteiger partial charge is 0.366 e. The Labute approximate surface area is 206 Å². The minimum atomic E-state index is -3.15. The lowest BCUT2D eigenvalue weighted by molar-refractivity contribution is -0.131. The van der Waals surface area contributed by atoms with E-state index < -0.39 is 9.84 Å². The maximum Gasteiger partial charge on any atom is 0.223 e. The normalized spacial score (nSPS) is 16.3. The van der Waals surface area contributed by atoms with Gasteiger partial charge in [-0.1, -0.05) is 42.5 Å². The van der Waals surface area contributed by atoms with Crippen LogP contribution in [0.1, 0.15) is 30.7 Å². The highest BCUT2D eigenvalue weighted by Gasteiger charge is 2.32. The Hall–Kier alpha value is -3.44. The number of carbonyl (C=O) groups excluding carboxylic acids is 1. The molecule has 2 aromatic carbocycles. The lowest BCUT2D eigenvalue weighted by Crippen LogP contribution is -2.49. The second-order valence-corrected chi connectivity index (χ2v) is 11.7. The summed E-state index contributed by atoms with van der Waals surface area (Å²) < 4.78 is 22.8. The number of rotatable bonds is 6. The highest BCUT2D eigenvalue weighted by atomic mass is 32.2. The van der Waals surface area contributed by atoms with E-state index >= 15 is 0 Å². The molecule has 0 radical (unpaired) electrons. The maximum absolute atomic E-state index is 12.5. The molecule has 2 aliphatic rings. The maximum atomic E-state index is 12.5. The van der Waals surface area contributed by atoms with E-state index in [0.717, 1.165) is 28.6 Å². The smallest absolute Gasteiger partial charge is 0.223 e. The molecule has 1 saturated heterocycles.